The average Bonchev–Trinajstić information content (AvgIpc) is 3.68. The lowest BCUT2D eigenvalue weighted by molar-refractivity contribution is -0.133. The Morgan fingerprint density at radius 2 is 1.87 bits per heavy atom. The Morgan fingerprint density at radius 1 is 1.05 bits per heavy atom. The maximum absolute atomic E-state index is 13.4. The van der Waals surface area contributed by atoms with E-state index in [4.69, 9.17) is 4.74 Å². The largest absolute Gasteiger partial charge is 0.493 e. The second-order valence-corrected chi connectivity index (χ2v) is 10.5. The highest BCUT2D eigenvalue weighted by Crippen LogP contribution is 2.45. The lowest BCUT2D eigenvalue weighted by Crippen LogP contribution is -2.37. The molecule has 1 aliphatic rings. The molecule has 0 heterocycles. The number of carbonyl (C=O) groups excluding carboxylic acids is 2. The number of nitrogens with zero attached hydrogens (tertiary/aromatic N) is 1. The summed E-state index contributed by atoms with van der Waals surface area (Å²) in [5, 5.41) is 6.93. The fourth-order valence-corrected chi connectivity index (χ4v) is 4.68. The standard InChI is InChI=1S/C31H44FN3O3/c1-4-25-10-8-11-26(20-25)31(13-14-31)34-16-9-15-33-22-28(36)23-35(3)30(37)12-6-5-7-17-38-29-19-24(2)18-27(32)21-29/h8,10-11,18-21,33-34H,4-7,9,12-17,22-23H2,1-3H3. The quantitative estimate of drug-likeness (QED) is 0.270. The van der Waals surface area contributed by atoms with E-state index >= 15 is 0 Å². The second-order valence-electron chi connectivity index (χ2n) is 10.5. The van der Waals surface area contributed by atoms with Gasteiger partial charge in [0, 0.05) is 25.1 Å². The van der Waals surface area contributed by atoms with Crippen LogP contribution in [0.4, 0.5) is 4.39 Å². The molecule has 0 aliphatic heterocycles. The zero-order valence-corrected chi connectivity index (χ0v) is 23.3. The summed E-state index contributed by atoms with van der Waals surface area (Å²) in [7, 11) is 1.68. The molecule has 7 heteroatoms. The molecule has 6 nitrogen and oxygen atoms in total. The van der Waals surface area contributed by atoms with E-state index in [-0.39, 0.29) is 36.1 Å². The Balaban J connectivity index is 1.20. The van der Waals surface area contributed by atoms with Crippen LogP contribution in [0.1, 0.15) is 68.6 Å². The van der Waals surface area contributed by atoms with Gasteiger partial charge in [0.2, 0.25) is 5.91 Å². The highest BCUT2D eigenvalue weighted by atomic mass is 19.1. The number of carbonyl (C=O) groups is 2. The molecule has 3 rings (SSSR count). The summed E-state index contributed by atoms with van der Waals surface area (Å²) >= 11 is 0. The molecule has 1 saturated carbocycles. The van der Waals surface area contributed by atoms with Crippen molar-refractivity contribution in [3.05, 3.63) is 65.0 Å². The molecule has 0 spiro atoms. The monoisotopic (exact) mass is 525 g/mol. The first-order chi connectivity index (χ1) is 18.3. The number of unbranched alkanes of at least 4 members (excludes halogenated alkanes) is 2. The molecule has 0 aromatic heterocycles. The normalized spacial score (nSPS) is 13.8. The molecule has 1 fully saturated rings. The molecule has 2 N–H and O–H groups in total. The van der Waals surface area contributed by atoms with Gasteiger partial charge in [-0.1, -0.05) is 31.2 Å². The van der Waals surface area contributed by atoms with Gasteiger partial charge in [0.15, 0.2) is 5.78 Å². The molecule has 1 aliphatic carbocycles. The molecule has 0 unspecified atom stereocenters. The zero-order valence-electron chi connectivity index (χ0n) is 23.3. The van der Waals surface area contributed by atoms with Crippen LogP contribution in [0.3, 0.4) is 0 Å². The van der Waals surface area contributed by atoms with Gasteiger partial charge in [-0.25, -0.2) is 4.39 Å². The topological polar surface area (TPSA) is 70.7 Å². The van der Waals surface area contributed by atoms with E-state index in [1.54, 1.807) is 13.1 Å². The highest BCUT2D eigenvalue weighted by molar-refractivity contribution is 5.87. The third-order valence-corrected chi connectivity index (χ3v) is 7.11. The average molecular weight is 526 g/mol. The number of benzene rings is 2. The minimum atomic E-state index is -0.300. The van der Waals surface area contributed by atoms with Crippen molar-refractivity contribution in [1.29, 1.82) is 0 Å². The number of ketones is 1. The Bertz CT molecular complexity index is 1030. The molecule has 1 amide bonds. The van der Waals surface area contributed by atoms with E-state index < -0.39 is 0 Å². The van der Waals surface area contributed by atoms with Gasteiger partial charge in [-0.05, 0) is 93.8 Å². The van der Waals surface area contributed by atoms with Crippen LogP contribution in [0.25, 0.3) is 0 Å². The Morgan fingerprint density at radius 3 is 2.61 bits per heavy atom. The van der Waals surface area contributed by atoms with Gasteiger partial charge < -0.3 is 20.3 Å². The number of rotatable bonds is 18. The van der Waals surface area contributed by atoms with Crippen LogP contribution in [0.5, 0.6) is 5.75 Å². The Labute approximate surface area is 227 Å². The summed E-state index contributed by atoms with van der Waals surface area (Å²) in [6.45, 7) is 6.57. The van der Waals surface area contributed by atoms with Crippen molar-refractivity contribution in [2.75, 3.05) is 39.8 Å². The molecule has 0 saturated heterocycles. The first-order valence-corrected chi connectivity index (χ1v) is 14.0. The minimum absolute atomic E-state index is 0.0163. The maximum Gasteiger partial charge on any atom is 0.222 e. The van der Waals surface area contributed by atoms with E-state index in [0.717, 1.165) is 50.8 Å². The molecule has 38 heavy (non-hydrogen) atoms. The summed E-state index contributed by atoms with van der Waals surface area (Å²) in [4.78, 5) is 26.2. The van der Waals surface area contributed by atoms with Crippen molar-refractivity contribution in [2.24, 2.45) is 0 Å². The van der Waals surface area contributed by atoms with Crippen LogP contribution in [0, 0.1) is 12.7 Å². The van der Waals surface area contributed by atoms with Crippen LogP contribution >= 0.6 is 0 Å². The maximum atomic E-state index is 13.4. The number of amides is 1. The van der Waals surface area contributed by atoms with Crippen LogP contribution in [-0.4, -0.2) is 56.4 Å². The molecule has 2 aromatic carbocycles. The van der Waals surface area contributed by atoms with Crippen LogP contribution in [0.2, 0.25) is 0 Å². The third-order valence-electron chi connectivity index (χ3n) is 7.11. The summed E-state index contributed by atoms with van der Waals surface area (Å²) in [5.74, 6) is 0.228. The smallest absolute Gasteiger partial charge is 0.222 e. The van der Waals surface area contributed by atoms with Crippen molar-refractivity contribution < 1.29 is 18.7 Å². The number of nitrogens with one attached hydrogen (secondary N) is 2. The molecule has 2 aromatic rings. The number of hydrogen-bond acceptors (Lipinski definition) is 5. The first kappa shape index (κ1) is 29.8. The number of aryl methyl sites for hydroxylation is 2. The van der Waals surface area contributed by atoms with Gasteiger partial charge >= 0.3 is 0 Å². The lowest BCUT2D eigenvalue weighted by atomic mass is 10.0. The predicted molar refractivity (Wildman–Crippen MR) is 150 cm³/mol. The number of ether oxygens (including phenoxy) is 1. The summed E-state index contributed by atoms with van der Waals surface area (Å²) in [6, 6.07) is 13.5. The lowest BCUT2D eigenvalue weighted by Gasteiger charge is -2.19. The zero-order chi connectivity index (χ0) is 27.4. The van der Waals surface area contributed by atoms with Crippen LogP contribution in [0.15, 0.2) is 42.5 Å². The summed E-state index contributed by atoms with van der Waals surface area (Å²) in [6.07, 6.45) is 7.11. The van der Waals surface area contributed by atoms with Gasteiger partial charge in [-0.2, -0.15) is 0 Å². The summed E-state index contributed by atoms with van der Waals surface area (Å²) < 4.78 is 19.0. The molecular formula is C31H44FN3O3. The van der Waals surface area contributed by atoms with Gasteiger partial charge in [-0.3, -0.25) is 9.59 Å². The summed E-state index contributed by atoms with van der Waals surface area (Å²) in [5.41, 5.74) is 3.73. The molecule has 0 radical (unpaired) electrons. The van der Waals surface area contributed by atoms with Gasteiger partial charge in [0.1, 0.15) is 11.6 Å². The van der Waals surface area contributed by atoms with E-state index in [9.17, 15) is 14.0 Å². The van der Waals surface area contributed by atoms with Crippen molar-refractivity contribution >= 4 is 11.7 Å². The molecule has 0 bridgehead atoms. The van der Waals surface area contributed by atoms with E-state index in [1.165, 1.54) is 41.0 Å². The second kappa shape index (κ2) is 15.0. The molecular weight excluding hydrogens is 481 g/mol. The number of halogens is 1. The van der Waals surface area contributed by atoms with Crippen LogP contribution < -0.4 is 15.4 Å². The number of likely N-dealkylation sites (N-methyl/N-ethyl adjacent to an activating group) is 1. The fraction of sp³-hybridized carbons (Fsp3) is 0.548. The Hall–Kier alpha value is -2.77. The van der Waals surface area contributed by atoms with Crippen molar-refractivity contribution in [2.45, 2.75) is 70.8 Å². The predicted octanol–water partition coefficient (Wildman–Crippen LogP) is 4.92. The van der Waals surface area contributed by atoms with Crippen molar-refractivity contribution in [3.63, 3.8) is 0 Å². The van der Waals surface area contributed by atoms with Gasteiger partial charge in [-0.15, -0.1) is 0 Å². The first-order valence-electron chi connectivity index (χ1n) is 14.0. The van der Waals surface area contributed by atoms with Gasteiger partial charge in [0.25, 0.3) is 0 Å². The van der Waals surface area contributed by atoms with E-state index in [0.29, 0.717) is 18.8 Å². The number of Topliss-reactive ketones (excluding diaryl/α,β-unsaturated/α-hetero) is 1. The SMILES string of the molecule is CCc1cccc(C2(NCCCNCC(=O)CN(C)C(=O)CCCCCOc3cc(C)cc(F)c3)CC2)c1. The van der Waals surface area contributed by atoms with E-state index in [1.807, 2.05) is 6.92 Å². The highest BCUT2D eigenvalue weighted by Gasteiger charge is 2.43. The van der Waals surface area contributed by atoms with E-state index in [2.05, 4.69) is 41.8 Å². The fourth-order valence-electron chi connectivity index (χ4n) is 4.68. The Kier molecular flexibility index (Phi) is 11.7. The molecule has 0 atom stereocenters. The third kappa shape index (κ3) is 9.84. The van der Waals surface area contributed by atoms with Gasteiger partial charge in [0.05, 0.1) is 19.7 Å². The number of hydrogen-bond donors (Lipinski definition) is 2. The molecule has 208 valence electrons. The minimum Gasteiger partial charge on any atom is -0.493 e. The van der Waals surface area contributed by atoms with Crippen LogP contribution in [-0.2, 0) is 21.5 Å². The van der Waals surface area contributed by atoms with Crippen molar-refractivity contribution in [1.82, 2.24) is 15.5 Å². The van der Waals surface area contributed by atoms with Crippen molar-refractivity contribution in [3.8, 4) is 5.75 Å².